The quantitative estimate of drug-likeness (QED) is 0.650. The van der Waals surface area contributed by atoms with Crippen molar-refractivity contribution in [3.05, 3.63) is 18.2 Å². The lowest BCUT2D eigenvalue weighted by Gasteiger charge is -2.06. The summed E-state index contributed by atoms with van der Waals surface area (Å²) in [6.45, 7) is 4.43. The molecule has 0 aliphatic heterocycles. The second-order valence-corrected chi connectivity index (χ2v) is 3.42. The summed E-state index contributed by atoms with van der Waals surface area (Å²) in [5.74, 6) is 0.268. The van der Waals surface area contributed by atoms with E-state index < -0.39 is 5.97 Å². The number of aromatic nitrogens is 2. The van der Waals surface area contributed by atoms with Gasteiger partial charge in [-0.1, -0.05) is 0 Å². The van der Waals surface area contributed by atoms with Crippen LogP contribution in [-0.2, 0) is 11.3 Å². The first kappa shape index (κ1) is 11.7. The number of rotatable bonds is 7. The number of carboxylic acid groups (broad SMARTS) is 1. The number of carboxylic acids is 1. The van der Waals surface area contributed by atoms with Crippen molar-refractivity contribution in [2.24, 2.45) is 0 Å². The molecule has 0 saturated carbocycles. The molecule has 1 aromatic rings. The Morgan fingerprint density at radius 3 is 3.00 bits per heavy atom. The van der Waals surface area contributed by atoms with Crippen molar-refractivity contribution in [3.63, 3.8) is 0 Å². The van der Waals surface area contributed by atoms with Crippen LogP contribution in [0.15, 0.2) is 12.4 Å². The van der Waals surface area contributed by atoms with Gasteiger partial charge in [-0.15, -0.1) is 0 Å². The van der Waals surface area contributed by atoms with Gasteiger partial charge in [-0.3, -0.25) is 4.79 Å². The molecule has 2 N–H and O–H groups in total. The van der Waals surface area contributed by atoms with Gasteiger partial charge in [0.1, 0.15) is 5.82 Å². The van der Waals surface area contributed by atoms with Crippen molar-refractivity contribution in [1.82, 2.24) is 14.9 Å². The Bertz CT molecular complexity index is 309. The van der Waals surface area contributed by atoms with E-state index in [9.17, 15) is 4.79 Å². The van der Waals surface area contributed by atoms with Gasteiger partial charge < -0.3 is 15.0 Å². The van der Waals surface area contributed by atoms with Crippen LogP contribution in [0.4, 0.5) is 0 Å². The molecule has 0 saturated heterocycles. The van der Waals surface area contributed by atoms with E-state index >= 15 is 0 Å². The van der Waals surface area contributed by atoms with Crippen LogP contribution in [0.25, 0.3) is 0 Å². The van der Waals surface area contributed by atoms with Gasteiger partial charge in [0.25, 0.3) is 0 Å². The van der Waals surface area contributed by atoms with Gasteiger partial charge in [0, 0.05) is 31.9 Å². The highest BCUT2D eigenvalue weighted by Gasteiger charge is 1.97. The molecule has 0 unspecified atom stereocenters. The third kappa shape index (κ3) is 4.60. The fourth-order valence-corrected chi connectivity index (χ4v) is 1.33. The first-order valence-electron chi connectivity index (χ1n) is 5.10. The summed E-state index contributed by atoms with van der Waals surface area (Å²) in [5.41, 5.74) is 0. The molecule has 1 aromatic heterocycles. The highest BCUT2D eigenvalue weighted by atomic mass is 16.4. The van der Waals surface area contributed by atoms with E-state index in [2.05, 4.69) is 14.9 Å². The zero-order chi connectivity index (χ0) is 11.1. The number of nitrogens with one attached hydrogen (secondary N) is 1. The maximum absolute atomic E-state index is 10.2. The van der Waals surface area contributed by atoms with E-state index in [4.69, 9.17) is 5.11 Å². The fourth-order valence-electron chi connectivity index (χ4n) is 1.33. The topological polar surface area (TPSA) is 67.2 Å². The Morgan fingerprint density at radius 1 is 1.60 bits per heavy atom. The van der Waals surface area contributed by atoms with E-state index in [-0.39, 0.29) is 6.42 Å². The van der Waals surface area contributed by atoms with Crippen molar-refractivity contribution in [2.45, 2.75) is 26.3 Å². The molecule has 15 heavy (non-hydrogen) atoms. The molecule has 0 bridgehead atoms. The van der Waals surface area contributed by atoms with Crippen LogP contribution in [0, 0.1) is 6.92 Å². The second-order valence-electron chi connectivity index (χ2n) is 3.42. The minimum absolute atomic E-state index is 0.233. The maximum Gasteiger partial charge on any atom is 0.303 e. The van der Waals surface area contributed by atoms with Gasteiger partial charge >= 0.3 is 5.97 Å². The highest BCUT2D eigenvalue weighted by Crippen LogP contribution is 1.93. The fraction of sp³-hybridized carbons (Fsp3) is 0.600. The summed E-state index contributed by atoms with van der Waals surface area (Å²) in [6, 6.07) is 0. The Labute approximate surface area is 89.1 Å². The van der Waals surface area contributed by atoms with Gasteiger partial charge in [-0.2, -0.15) is 0 Å². The number of aliphatic carboxylic acids is 1. The van der Waals surface area contributed by atoms with Crippen LogP contribution in [-0.4, -0.2) is 33.7 Å². The normalized spacial score (nSPS) is 10.5. The second kappa shape index (κ2) is 6.19. The average molecular weight is 211 g/mol. The Morgan fingerprint density at radius 2 is 2.40 bits per heavy atom. The highest BCUT2D eigenvalue weighted by molar-refractivity contribution is 5.66. The predicted octanol–water partition coefficient (Wildman–Crippen LogP) is 0.646. The van der Waals surface area contributed by atoms with E-state index in [0.717, 1.165) is 25.5 Å². The van der Waals surface area contributed by atoms with E-state index in [1.807, 2.05) is 13.1 Å². The minimum atomic E-state index is -0.734. The van der Waals surface area contributed by atoms with Gasteiger partial charge in [-0.25, -0.2) is 4.98 Å². The molecule has 0 atom stereocenters. The van der Waals surface area contributed by atoms with Crippen molar-refractivity contribution in [3.8, 4) is 0 Å². The van der Waals surface area contributed by atoms with Gasteiger partial charge in [0.15, 0.2) is 0 Å². The number of aryl methyl sites for hydroxylation is 1. The molecule has 1 heterocycles. The molecule has 0 amide bonds. The van der Waals surface area contributed by atoms with Crippen molar-refractivity contribution >= 4 is 5.97 Å². The van der Waals surface area contributed by atoms with Crippen LogP contribution in [0.3, 0.4) is 0 Å². The monoisotopic (exact) mass is 211 g/mol. The first-order chi connectivity index (χ1) is 7.20. The molecule has 0 spiro atoms. The zero-order valence-electron chi connectivity index (χ0n) is 8.94. The van der Waals surface area contributed by atoms with Crippen LogP contribution in [0.1, 0.15) is 18.7 Å². The number of imidazole rings is 1. The lowest BCUT2D eigenvalue weighted by molar-refractivity contribution is -0.137. The molecular formula is C10H17N3O2. The molecular weight excluding hydrogens is 194 g/mol. The zero-order valence-corrected chi connectivity index (χ0v) is 8.94. The third-order valence-electron chi connectivity index (χ3n) is 2.20. The first-order valence-corrected chi connectivity index (χ1v) is 5.10. The summed E-state index contributed by atoms with van der Waals surface area (Å²) in [7, 11) is 0. The summed E-state index contributed by atoms with van der Waals surface area (Å²) < 4.78 is 2.06. The predicted molar refractivity (Wildman–Crippen MR) is 56.7 cm³/mol. The summed E-state index contributed by atoms with van der Waals surface area (Å²) in [5, 5.41) is 11.6. The summed E-state index contributed by atoms with van der Waals surface area (Å²) >= 11 is 0. The molecule has 0 aromatic carbocycles. The van der Waals surface area contributed by atoms with Gasteiger partial charge in [-0.05, 0) is 19.9 Å². The van der Waals surface area contributed by atoms with Crippen molar-refractivity contribution in [2.75, 3.05) is 13.1 Å². The van der Waals surface area contributed by atoms with E-state index in [1.165, 1.54) is 0 Å². The van der Waals surface area contributed by atoms with Crippen LogP contribution in [0.2, 0.25) is 0 Å². The molecule has 0 aliphatic rings. The largest absolute Gasteiger partial charge is 0.481 e. The molecule has 1 rings (SSSR count). The minimum Gasteiger partial charge on any atom is -0.481 e. The summed E-state index contributed by atoms with van der Waals surface area (Å²) in [4.78, 5) is 14.3. The Balaban J connectivity index is 2.03. The standard InChI is InChI=1S/C10H17N3O2/c1-9-12-6-8-13(9)7-5-11-4-2-3-10(14)15/h6,8,11H,2-5,7H2,1H3,(H,14,15). The van der Waals surface area contributed by atoms with Crippen LogP contribution >= 0.6 is 0 Å². The maximum atomic E-state index is 10.2. The lowest BCUT2D eigenvalue weighted by atomic mass is 10.3. The van der Waals surface area contributed by atoms with Gasteiger partial charge in [0.05, 0.1) is 0 Å². The number of carbonyl (C=O) groups is 1. The number of hydrogen-bond donors (Lipinski definition) is 2. The number of nitrogens with zero attached hydrogens (tertiary/aromatic N) is 2. The molecule has 5 heteroatoms. The van der Waals surface area contributed by atoms with Crippen LogP contribution in [0.5, 0.6) is 0 Å². The average Bonchev–Trinajstić information content (AvgIpc) is 2.57. The van der Waals surface area contributed by atoms with Gasteiger partial charge in [0.2, 0.25) is 0 Å². The van der Waals surface area contributed by atoms with Crippen molar-refractivity contribution < 1.29 is 9.90 Å². The third-order valence-corrected chi connectivity index (χ3v) is 2.20. The SMILES string of the molecule is Cc1nccn1CCNCCCC(=O)O. The summed E-state index contributed by atoms with van der Waals surface area (Å²) in [6.07, 6.45) is 4.63. The van der Waals surface area contributed by atoms with E-state index in [0.29, 0.717) is 6.42 Å². The smallest absolute Gasteiger partial charge is 0.303 e. The molecule has 0 radical (unpaired) electrons. The molecule has 0 aliphatic carbocycles. The Kier molecular flexibility index (Phi) is 4.83. The number of hydrogen-bond acceptors (Lipinski definition) is 3. The Hall–Kier alpha value is -1.36. The van der Waals surface area contributed by atoms with Crippen molar-refractivity contribution in [1.29, 1.82) is 0 Å². The van der Waals surface area contributed by atoms with Crippen LogP contribution < -0.4 is 5.32 Å². The van der Waals surface area contributed by atoms with E-state index in [1.54, 1.807) is 6.20 Å². The molecule has 0 fully saturated rings. The molecule has 5 nitrogen and oxygen atoms in total. The lowest BCUT2D eigenvalue weighted by Crippen LogP contribution is -2.21. The molecule has 84 valence electrons.